The van der Waals surface area contributed by atoms with E-state index in [1.807, 2.05) is 19.2 Å². The zero-order valence-electron chi connectivity index (χ0n) is 12.1. The van der Waals surface area contributed by atoms with E-state index in [-0.39, 0.29) is 11.4 Å². The molecule has 4 aliphatic carbocycles. The molecule has 0 N–H and O–H groups in total. The van der Waals surface area contributed by atoms with Crippen LogP contribution in [0.15, 0.2) is 24.5 Å². The minimum absolute atomic E-state index is 0.148. The summed E-state index contributed by atoms with van der Waals surface area (Å²) in [5.74, 6) is 2.78. The summed E-state index contributed by atoms with van der Waals surface area (Å²) in [6.07, 6.45) is 11.3. The van der Waals surface area contributed by atoms with Gasteiger partial charge in [0.05, 0.1) is 0 Å². The molecule has 4 bridgehead atoms. The number of hydrogen-bond acceptors (Lipinski definition) is 2. The summed E-state index contributed by atoms with van der Waals surface area (Å²) in [5.41, 5.74) is 0.924. The van der Waals surface area contributed by atoms with Crippen molar-refractivity contribution in [2.75, 3.05) is 7.05 Å². The third-order valence-electron chi connectivity index (χ3n) is 5.95. The molecule has 1 aromatic heterocycles. The molecule has 3 nitrogen and oxygen atoms in total. The van der Waals surface area contributed by atoms with Gasteiger partial charge in [0.1, 0.15) is 0 Å². The number of aromatic nitrogens is 1. The molecule has 0 saturated heterocycles. The van der Waals surface area contributed by atoms with Gasteiger partial charge in [0.15, 0.2) is 0 Å². The normalized spacial score (nSPS) is 38.0. The van der Waals surface area contributed by atoms with Crippen molar-refractivity contribution in [3.05, 3.63) is 30.1 Å². The third kappa shape index (κ3) is 1.79. The van der Waals surface area contributed by atoms with Crippen LogP contribution in [0, 0.1) is 17.8 Å². The number of pyridine rings is 1. The maximum atomic E-state index is 12.8. The first-order valence-corrected chi connectivity index (χ1v) is 7.84. The van der Waals surface area contributed by atoms with Gasteiger partial charge in [0.25, 0.3) is 5.91 Å². The molecule has 1 amide bonds. The summed E-state index contributed by atoms with van der Waals surface area (Å²) in [4.78, 5) is 18.8. The SMILES string of the molecule is CN(C(=O)c1ccncc1)C12CC3CC(CC(C3)C1)C2. The molecule has 5 rings (SSSR count). The van der Waals surface area contributed by atoms with Crippen molar-refractivity contribution in [3.8, 4) is 0 Å². The molecular weight excluding hydrogens is 248 g/mol. The Hall–Kier alpha value is -1.38. The predicted molar refractivity (Wildman–Crippen MR) is 77.2 cm³/mol. The van der Waals surface area contributed by atoms with Crippen molar-refractivity contribution in [2.45, 2.75) is 44.1 Å². The summed E-state index contributed by atoms with van der Waals surface area (Å²) in [6, 6.07) is 3.67. The number of carbonyl (C=O) groups is 1. The molecule has 106 valence electrons. The van der Waals surface area contributed by atoms with Gasteiger partial charge in [-0.05, 0) is 68.4 Å². The fourth-order valence-electron chi connectivity index (χ4n) is 5.38. The van der Waals surface area contributed by atoms with Gasteiger partial charge >= 0.3 is 0 Å². The molecule has 0 aromatic carbocycles. The highest BCUT2D eigenvalue weighted by molar-refractivity contribution is 5.94. The van der Waals surface area contributed by atoms with Crippen LogP contribution in [-0.2, 0) is 0 Å². The van der Waals surface area contributed by atoms with Crippen LogP contribution in [-0.4, -0.2) is 28.4 Å². The van der Waals surface area contributed by atoms with Gasteiger partial charge in [0.2, 0.25) is 0 Å². The fraction of sp³-hybridized carbons (Fsp3) is 0.647. The summed E-state index contributed by atoms with van der Waals surface area (Å²) in [7, 11) is 2.02. The van der Waals surface area contributed by atoms with Crippen LogP contribution < -0.4 is 0 Å². The van der Waals surface area contributed by atoms with E-state index in [1.54, 1.807) is 12.4 Å². The first-order valence-electron chi connectivity index (χ1n) is 7.84. The average Bonchev–Trinajstić information content (AvgIpc) is 2.45. The predicted octanol–water partition coefficient (Wildman–Crippen LogP) is 3.12. The molecule has 4 saturated carbocycles. The second-order valence-electron chi connectivity index (χ2n) is 7.24. The maximum absolute atomic E-state index is 12.8. The van der Waals surface area contributed by atoms with E-state index in [0.717, 1.165) is 23.3 Å². The van der Waals surface area contributed by atoms with Gasteiger partial charge in [-0.2, -0.15) is 0 Å². The molecule has 1 heterocycles. The second kappa shape index (κ2) is 4.31. The summed E-state index contributed by atoms with van der Waals surface area (Å²) in [5, 5.41) is 0. The van der Waals surface area contributed by atoms with E-state index in [2.05, 4.69) is 9.88 Å². The molecule has 0 unspecified atom stereocenters. The average molecular weight is 270 g/mol. The smallest absolute Gasteiger partial charge is 0.254 e. The van der Waals surface area contributed by atoms with Crippen LogP contribution in [0.4, 0.5) is 0 Å². The number of hydrogen-bond donors (Lipinski definition) is 0. The molecule has 1 aromatic rings. The summed E-state index contributed by atoms with van der Waals surface area (Å²) < 4.78 is 0. The molecule has 4 fully saturated rings. The highest BCUT2D eigenvalue weighted by Crippen LogP contribution is 2.57. The van der Waals surface area contributed by atoms with Crippen molar-refractivity contribution in [1.82, 2.24) is 9.88 Å². The number of amides is 1. The second-order valence-corrected chi connectivity index (χ2v) is 7.24. The summed E-state index contributed by atoms with van der Waals surface area (Å²) >= 11 is 0. The number of nitrogens with zero attached hydrogens (tertiary/aromatic N) is 2. The molecule has 0 spiro atoms. The van der Waals surface area contributed by atoms with Crippen molar-refractivity contribution in [2.24, 2.45) is 17.8 Å². The van der Waals surface area contributed by atoms with E-state index in [1.165, 1.54) is 38.5 Å². The van der Waals surface area contributed by atoms with Gasteiger partial charge in [-0.25, -0.2) is 0 Å². The highest BCUT2D eigenvalue weighted by atomic mass is 16.2. The Morgan fingerprint density at radius 1 is 1.10 bits per heavy atom. The van der Waals surface area contributed by atoms with Crippen molar-refractivity contribution in [3.63, 3.8) is 0 Å². The molecule has 0 atom stereocenters. The summed E-state index contributed by atoms with van der Waals surface area (Å²) in [6.45, 7) is 0. The largest absolute Gasteiger partial charge is 0.336 e. The lowest BCUT2D eigenvalue weighted by molar-refractivity contribution is -0.0665. The van der Waals surface area contributed by atoms with Gasteiger partial charge in [-0.1, -0.05) is 0 Å². The van der Waals surface area contributed by atoms with E-state index in [4.69, 9.17) is 0 Å². The zero-order chi connectivity index (χ0) is 13.7. The quantitative estimate of drug-likeness (QED) is 0.827. The number of carbonyl (C=O) groups excluding carboxylic acids is 1. The van der Waals surface area contributed by atoms with Crippen molar-refractivity contribution >= 4 is 5.91 Å². The fourth-order valence-corrected chi connectivity index (χ4v) is 5.38. The minimum atomic E-state index is 0.148. The molecule has 3 heteroatoms. The van der Waals surface area contributed by atoms with E-state index in [9.17, 15) is 4.79 Å². The lowest BCUT2D eigenvalue weighted by Crippen LogP contribution is -2.60. The Labute approximate surface area is 120 Å². The molecule has 20 heavy (non-hydrogen) atoms. The van der Waals surface area contributed by atoms with E-state index in [0.29, 0.717) is 0 Å². The van der Waals surface area contributed by atoms with Crippen molar-refractivity contribution in [1.29, 1.82) is 0 Å². The topological polar surface area (TPSA) is 33.2 Å². The van der Waals surface area contributed by atoms with Crippen molar-refractivity contribution < 1.29 is 4.79 Å². The first-order chi connectivity index (χ1) is 9.66. The Morgan fingerprint density at radius 3 is 2.10 bits per heavy atom. The first kappa shape index (κ1) is 12.4. The standard InChI is InChI=1S/C17H22N2O/c1-19(16(20)15-2-4-18-5-3-15)17-9-12-6-13(10-17)8-14(7-12)11-17/h2-5,12-14H,6-11H2,1H3. The third-order valence-corrected chi connectivity index (χ3v) is 5.95. The molecule has 0 aliphatic heterocycles. The lowest BCUT2D eigenvalue weighted by Gasteiger charge is -2.59. The van der Waals surface area contributed by atoms with Crippen LogP contribution >= 0.6 is 0 Å². The Kier molecular flexibility index (Phi) is 2.66. The molecular formula is C17H22N2O. The van der Waals surface area contributed by atoms with Crippen LogP contribution in [0.1, 0.15) is 48.9 Å². The van der Waals surface area contributed by atoms with Crippen LogP contribution in [0.5, 0.6) is 0 Å². The zero-order valence-corrected chi connectivity index (χ0v) is 12.1. The van der Waals surface area contributed by atoms with Gasteiger partial charge in [-0.15, -0.1) is 0 Å². The lowest BCUT2D eigenvalue weighted by atomic mass is 9.52. The minimum Gasteiger partial charge on any atom is -0.336 e. The molecule has 4 aliphatic rings. The Balaban J connectivity index is 1.62. The highest BCUT2D eigenvalue weighted by Gasteiger charge is 2.53. The Bertz CT molecular complexity index is 490. The monoisotopic (exact) mass is 270 g/mol. The van der Waals surface area contributed by atoms with Crippen LogP contribution in [0.25, 0.3) is 0 Å². The van der Waals surface area contributed by atoms with Gasteiger partial charge in [-0.3, -0.25) is 9.78 Å². The van der Waals surface area contributed by atoms with Gasteiger partial charge < -0.3 is 4.90 Å². The maximum Gasteiger partial charge on any atom is 0.254 e. The van der Waals surface area contributed by atoms with Gasteiger partial charge in [0, 0.05) is 30.5 Å². The number of rotatable bonds is 2. The molecule has 0 radical (unpaired) electrons. The Morgan fingerprint density at radius 2 is 1.60 bits per heavy atom. The van der Waals surface area contributed by atoms with Crippen LogP contribution in [0.3, 0.4) is 0 Å². The van der Waals surface area contributed by atoms with E-state index >= 15 is 0 Å². The van der Waals surface area contributed by atoms with E-state index < -0.39 is 0 Å². The van der Waals surface area contributed by atoms with Crippen LogP contribution in [0.2, 0.25) is 0 Å².